The molecule has 2 aliphatic rings. The van der Waals surface area contributed by atoms with E-state index in [4.69, 9.17) is 0 Å². The Balaban J connectivity index is 1.62. The molecule has 0 unspecified atom stereocenters. The second kappa shape index (κ2) is 5.46. The lowest BCUT2D eigenvalue weighted by Gasteiger charge is -2.34. The zero-order valence-corrected chi connectivity index (χ0v) is 12.6. The van der Waals surface area contributed by atoms with E-state index in [1.807, 2.05) is 12.5 Å². The van der Waals surface area contributed by atoms with Crippen molar-refractivity contribution in [3.8, 4) is 0 Å². The maximum Gasteiger partial charge on any atom is 0.208 e. The van der Waals surface area contributed by atoms with Gasteiger partial charge in [-0.1, -0.05) is 0 Å². The van der Waals surface area contributed by atoms with Gasteiger partial charge in [-0.15, -0.1) is 0 Å². The Hall–Kier alpha value is -0.920. The number of fused-ring (bicyclic) bond motifs is 1. The van der Waals surface area contributed by atoms with E-state index in [1.165, 1.54) is 31.3 Å². The second-order valence-electron chi connectivity index (χ2n) is 6.04. The molecule has 1 N–H and O–H groups in total. The molecule has 1 aromatic heterocycles. The van der Waals surface area contributed by atoms with Crippen LogP contribution < -0.4 is 4.72 Å². The number of aromatic nitrogens is 2. The molecule has 1 aromatic rings. The number of nitrogens with zero attached hydrogens (tertiary/aromatic N) is 3. The lowest BCUT2D eigenvalue weighted by Crippen LogP contribution is -2.39. The van der Waals surface area contributed by atoms with Gasteiger partial charge in [0.2, 0.25) is 10.0 Å². The predicted octanol–water partition coefficient (Wildman–Crippen LogP) is 0.589. The molecule has 0 amide bonds. The molecule has 1 saturated carbocycles. The first-order valence-corrected chi connectivity index (χ1v) is 9.08. The summed E-state index contributed by atoms with van der Waals surface area (Å²) in [4.78, 5) is 6.72. The van der Waals surface area contributed by atoms with Gasteiger partial charge in [-0.05, 0) is 25.2 Å². The average molecular weight is 298 g/mol. The van der Waals surface area contributed by atoms with Gasteiger partial charge in [0, 0.05) is 38.4 Å². The molecule has 1 aliphatic carbocycles. The molecule has 0 bridgehead atoms. The van der Waals surface area contributed by atoms with Crippen LogP contribution in [0.4, 0.5) is 0 Å². The summed E-state index contributed by atoms with van der Waals surface area (Å²) in [6.07, 6.45) is 8.52. The van der Waals surface area contributed by atoms with Crippen molar-refractivity contribution in [3.05, 3.63) is 18.2 Å². The van der Waals surface area contributed by atoms with Crippen molar-refractivity contribution >= 4 is 10.0 Å². The van der Waals surface area contributed by atoms with E-state index in [2.05, 4.69) is 19.2 Å². The number of rotatable bonds is 6. The molecule has 0 saturated heterocycles. The Morgan fingerprint density at radius 3 is 2.95 bits per heavy atom. The van der Waals surface area contributed by atoms with Crippen LogP contribution in [-0.4, -0.2) is 48.8 Å². The van der Waals surface area contributed by atoms with Gasteiger partial charge in [-0.3, -0.25) is 4.90 Å². The first-order chi connectivity index (χ1) is 9.51. The van der Waals surface area contributed by atoms with Crippen LogP contribution >= 0.6 is 0 Å². The molecule has 0 aromatic carbocycles. The fourth-order valence-corrected chi connectivity index (χ4v) is 3.40. The van der Waals surface area contributed by atoms with Crippen LogP contribution in [-0.2, 0) is 16.6 Å². The van der Waals surface area contributed by atoms with Crippen LogP contribution in [0.2, 0.25) is 0 Å². The van der Waals surface area contributed by atoms with Crippen LogP contribution in [0, 0.1) is 5.92 Å². The van der Waals surface area contributed by atoms with E-state index in [0.29, 0.717) is 12.6 Å². The minimum atomic E-state index is -3.10. The van der Waals surface area contributed by atoms with Crippen molar-refractivity contribution in [3.63, 3.8) is 0 Å². The van der Waals surface area contributed by atoms with E-state index in [-0.39, 0.29) is 0 Å². The summed E-state index contributed by atoms with van der Waals surface area (Å²) in [7, 11) is -3.10. The van der Waals surface area contributed by atoms with Crippen LogP contribution in [0.15, 0.2) is 12.5 Å². The Morgan fingerprint density at radius 2 is 2.25 bits per heavy atom. The van der Waals surface area contributed by atoms with Crippen LogP contribution in [0.25, 0.3) is 0 Å². The highest BCUT2D eigenvalue weighted by atomic mass is 32.2. The smallest absolute Gasteiger partial charge is 0.208 e. The van der Waals surface area contributed by atoms with Crippen molar-refractivity contribution in [2.75, 3.05) is 25.9 Å². The Morgan fingerprint density at radius 1 is 1.45 bits per heavy atom. The highest BCUT2D eigenvalue weighted by Gasteiger charge is 2.29. The van der Waals surface area contributed by atoms with Crippen molar-refractivity contribution in [2.24, 2.45) is 5.92 Å². The molecule has 6 nitrogen and oxygen atoms in total. The molecule has 0 spiro atoms. The van der Waals surface area contributed by atoms with Crippen molar-refractivity contribution in [1.29, 1.82) is 0 Å². The summed E-state index contributed by atoms with van der Waals surface area (Å²) >= 11 is 0. The van der Waals surface area contributed by atoms with Gasteiger partial charge in [-0.2, -0.15) is 0 Å². The fraction of sp³-hybridized carbons (Fsp3) is 0.769. The van der Waals surface area contributed by atoms with Crippen molar-refractivity contribution in [1.82, 2.24) is 19.2 Å². The first kappa shape index (κ1) is 14.0. The minimum absolute atomic E-state index is 0.314. The summed E-state index contributed by atoms with van der Waals surface area (Å²) in [5, 5.41) is 0. The summed E-state index contributed by atoms with van der Waals surface area (Å²) in [5.74, 6) is 0.874. The maximum atomic E-state index is 11.1. The van der Waals surface area contributed by atoms with E-state index in [0.717, 1.165) is 25.4 Å². The third kappa shape index (κ3) is 3.59. The highest BCUT2D eigenvalue weighted by Crippen LogP contribution is 2.32. The normalized spacial score (nSPS) is 23.8. The molecule has 1 aliphatic heterocycles. The predicted molar refractivity (Wildman–Crippen MR) is 76.7 cm³/mol. The molecule has 20 heavy (non-hydrogen) atoms. The summed E-state index contributed by atoms with van der Waals surface area (Å²) in [5.41, 5.74) is 1.24. The number of sulfonamides is 1. The standard InChI is InChI=1S/C13H22N4O2S/c1-20(18,19)15-5-4-12-8-16(7-11-2-3-11)9-13-6-14-10-17(12)13/h6,10-12,15H,2-5,7-9H2,1H3/t12-/m1/s1. The lowest BCUT2D eigenvalue weighted by molar-refractivity contribution is 0.173. The molecule has 0 radical (unpaired) electrons. The Kier molecular flexibility index (Phi) is 3.83. The third-order valence-corrected chi connectivity index (χ3v) is 4.78. The van der Waals surface area contributed by atoms with Gasteiger partial charge in [0.15, 0.2) is 0 Å². The van der Waals surface area contributed by atoms with E-state index in [1.54, 1.807) is 0 Å². The maximum absolute atomic E-state index is 11.1. The van der Waals surface area contributed by atoms with Crippen molar-refractivity contribution < 1.29 is 8.42 Å². The molecule has 2 heterocycles. The van der Waals surface area contributed by atoms with Gasteiger partial charge in [0.25, 0.3) is 0 Å². The largest absolute Gasteiger partial charge is 0.329 e. The van der Waals surface area contributed by atoms with E-state index < -0.39 is 10.0 Å². The molecular formula is C13H22N4O2S. The van der Waals surface area contributed by atoms with Gasteiger partial charge in [0.05, 0.1) is 18.3 Å². The van der Waals surface area contributed by atoms with Gasteiger partial charge in [0.1, 0.15) is 0 Å². The second-order valence-corrected chi connectivity index (χ2v) is 7.87. The van der Waals surface area contributed by atoms with Gasteiger partial charge in [-0.25, -0.2) is 18.1 Å². The van der Waals surface area contributed by atoms with Crippen LogP contribution in [0.1, 0.15) is 31.0 Å². The summed E-state index contributed by atoms with van der Waals surface area (Å²) in [6.45, 7) is 3.61. The van der Waals surface area contributed by atoms with Crippen molar-refractivity contribution in [2.45, 2.75) is 31.8 Å². The fourth-order valence-electron chi connectivity index (χ4n) is 2.91. The Bertz CT molecular complexity index is 565. The SMILES string of the molecule is CS(=O)(=O)NCC[C@@H]1CN(CC2CC2)Cc2cncn21. The summed E-state index contributed by atoms with van der Waals surface area (Å²) < 4.78 is 27.1. The zero-order chi connectivity index (χ0) is 14.2. The molecule has 7 heteroatoms. The van der Waals surface area contributed by atoms with Crippen LogP contribution in [0.3, 0.4) is 0 Å². The number of hydrogen-bond acceptors (Lipinski definition) is 4. The van der Waals surface area contributed by atoms with E-state index in [9.17, 15) is 8.42 Å². The quantitative estimate of drug-likeness (QED) is 0.834. The van der Waals surface area contributed by atoms with Gasteiger partial charge < -0.3 is 4.57 Å². The number of nitrogens with one attached hydrogen (secondary N) is 1. The topological polar surface area (TPSA) is 67.2 Å². The lowest BCUT2D eigenvalue weighted by atomic mass is 10.1. The zero-order valence-electron chi connectivity index (χ0n) is 11.8. The molecule has 1 fully saturated rings. The highest BCUT2D eigenvalue weighted by molar-refractivity contribution is 7.88. The first-order valence-electron chi connectivity index (χ1n) is 7.19. The van der Waals surface area contributed by atoms with E-state index >= 15 is 0 Å². The third-order valence-electron chi connectivity index (χ3n) is 4.05. The summed E-state index contributed by atoms with van der Waals surface area (Å²) in [6, 6.07) is 0.314. The number of imidazole rings is 1. The van der Waals surface area contributed by atoms with Crippen LogP contribution in [0.5, 0.6) is 0 Å². The molecule has 3 rings (SSSR count). The van der Waals surface area contributed by atoms with Gasteiger partial charge >= 0.3 is 0 Å². The molecule has 1 atom stereocenters. The minimum Gasteiger partial charge on any atom is -0.329 e. The molecular weight excluding hydrogens is 276 g/mol. The monoisotopic (exact) mass is 298 g/mol. The average Bonchev–Trinajstić information content (AvgIpc) is 3.03. The molecule has 112 valence electrons. The Labute approximate surface area is 120 Å². The number of hydrogen-bond donors (Lipinski definition) is 1.